The average molecular weight is 295 g/mol. The Morgan fingerprint density at radius 1 is 1.19 bits per heavy atom. The fourth-order valence-corrected chi connectivity index (χ4v) is 3.99. The molecular weight excluding hydrogens is 278 g/mol. The molecule has 1 saturated heterocycles. The monoisotopic (exact) mass is 295 g/mol. The molecule has 0 amide bonds. The summed E-state index contributed by atoms with van der Waals surface area (Å²) < 4.78 is 5.83. The Morgan fingerprint density at radius 2 is 2.05 bits per heavy atom. The van der Waals surface area contributed by atoms with E-state index in [0.29, 0.717) is 0 Å². The molecule has 1 aromatic carbocycles. The van der Waals surface area contributed by atoms with Crippen molar-refractivity contribution in [3.63, 3.8) is 0 Å². The van der Waals surface area contributed by atoms with Crippen molar-refractivity contribution in [2.24, 2.45) is 0 Å². The Morgan fingerprint density at radius 3 is 2.90 bits per heavy atom. The van der Waals surface area contributed by atoms with Crippen LogP contribution in [-0.4, -0.2) is 22.4 Å². The Labute approximate surface area is 128 Å². The third kappa shape index (κ3) is 2.10. The molecule has 0 spiro atoms. The minimum absolute atomic E-state index is 0.213. The topological polar surface area (TPSA) is 29.0 Å². The van der Waals surface area contributed by atoms with E-state index in [1.54, 1.807) is 11.5 Å². The Bertz CT molecular complexity index is 768. The molecule has 1 fully saturated rings. The summed E-state index contributed by atoms with van der Waals surface area (Å²) in [4.78, 5) is 6.60. The molecule has 0 bridgehead atoms. The zero-order valence-electron chi connectivity index (χ0n) is 12.0. The minimum Gasteiger partial charge on any atom is -0.354 e. The van der Waals surface area contributed by atoms with Crippen molar-refractivity contribution in [2.45, 2.75) is 18.8 Å². The van der Waals surface area contributed by atoms with E-state index in [2.05, 4.69) is 57.6 Å². The lowest BCUT2D eigenvalue weighted by molar-refractivity contribution is 0.531. The maximum absolute atomic E-state index is 4.66. The van der Waals surface area contributed by atoms with Crippen LogP contribution in [0.1, 0.15) is 18.9 Å². The first-order valence-corrected chi connectivity index (χ1v) is 8.03. The second kappa shape index (κ2) is 4.81. The van der Waals surface area contributed by atoms with Crippen molar-refractivity contribution >= 4 is 27.4 Å². The van der Waals surface area contributed by atoms with Gasteiger partial charge in [-0.05, 0) is 29.6 Å². The van der Waals surface area contributed by atoms with E-state index >= 15 is 0 Å². The van der Waals surface area contributed by atoms with Crippen LogP contribution >= 0.6 is 11.5 Å². The first kappa shape index (κ1) is 12.8. The minimum atomic E-state index is 0.213. The van der Waals surface area contributed by atoms with Crippen LogP contribution in [0.25, 0.3) is 10.1 Å². The fraction of sp³-hybridized carbons (Fsp3) is 0.294. The predicted molar refractivity (Wildman–Crippen MR) is 88.0 cm³/mol. The molecule has 1 aliphatic heterocycles. The van der Waals surface area contributed by atoms with Crippen molar-refractivity contribution in [2.75, 3.05) is 18.0 Å². The van der Waals surface area contributed by atoms with Gasteiger partial charge in [0.15, 0.2) is 0 Å². The summed E-state index contributed by atoms with van der Waals surface area (Å²) in [5, 5.41) is 1.23. The molecule has 1 aliphatic rings. The van der Waals surface area contributed by atoms with Crippen molar-refractivity contribution in [1.82, 2.24) is 9.36 Å². The number of anilines is 1. The number of pyridine rings is 1. The molecule has 3 aromatic rings. The number of benzene rings is 1. The molecule has 21 heavy (non-hydrogen) atoms. The quantitative estimate of drug-likeness (QED) is 0.719. The molecule has 0 N–H and O–H groups in total. The van der Waals surface area contributed by atoms with Gasteiger partial charge in [-0.15, -0.1) is 0 Å². The number of rotatable bonds is 2. The smallest absolute Gasteiger partial charge is 0.150 e. The van der Waals surface area contributed by atoms with Crippen molar-refractivity contribution in [3.05, 3.63) is 54.4 Å². The summed E-state index contributed by atoms with van der Waals surface area (Å²) in [7, 11) is 0. The zero-order valence-corrected chi connectivity index (χ0v) is 12.8. The summed E-state index contributed by atoms with van der Waals surface area (Å²) in [5.74, 6) is 1.12. The Hall–Kier alpha value is -1.94. The number of aromatic nitrogens is 2. The molecule has 3 heterocycles. The van der Waals surface area contributed by atoms with Crippen LogP contribution in [0.3, 0.4) is 0 Å². The molecule has 3 nitrogen and oxygen atoms in total. The van der Waals surface area contributed by atoms with E-state index in [0.717, 1.165) is 18.9 Å². The van der Waals surface area contributed by atoms with Crippen molar-refractivity contribution < 1.29 is 0 Å². The number of nitrogens with zero attached hydrogens (tertiary/aromatic N) is 3. The van der Waals surface area contributed by atoms with Gasteiger partial charge in [0.1, 0.15) is 5.82 Å². The van der Waals surface area contributed by atoms with Gasteiger partial charge in [0, 0.05) is 36.3 Å². The van der Waals surface area contributed by atoms with Crippen LogP contribution in [-0.2, 0) is 5.41 Å². The lowest BCUT2D eigenvalue weighted by Gasteiger charge is -2.25. The van der Waals surface area contributed by atoms with E-state index in [4.69, 9.17) is 0 Å². The van der Waals surface area contributed by atoms with E-state index in [9.17, 15) is 0 Å². The van der Waals surface area contributed by atoms with Gasteiger partial charge in [0.25, 0.3) is 0 Å². The zero-order chi connectivity index (χ0) is 14.3. The summed E-state index contributed by atoms with van der Waals surface area (Å²) in [6, 6.07) is 12.9. The highest BCUT2D eigenvalue weighted by molar-refractivity contribution is 7.13. The van der Waals surface area contributed by atoms with Crippen molar-refractivity contribution in [3.8, 4) is 0 Å². The molecule has 4 heteroatoms. The van der Waals surface area contributed by atoms with Crippen LogP contribution in [0.15, 0.2) is 48.8 Å². The highest BCUT2D eigenvalue weighted by atomic mass is 32.1. The van der Waals surface area contributed by atoms with Gasteiger partial charge in [0.05, 0.1) is 4.70 Å². The van der Waals surface area contributed by atoms with Gasteiger partial charge in [0.2, 0.25) is 0 Å². The van der Waals surface area contributed by atoms with E-state index in [1.165, 1.54) is 22.1 Å². The summed E-state index contributed by atoms with van der Waals surface area (Å²) >= 11 is 1.54. The molecule has 0 aliphatic carbocycles. The second-order valence-electron chi connectivity index (χ2n) is 5.98. The summed E-state index contributed by atoms with van der Waals surface area (Å²) in [5.41, 5.74) is 1.64. The molecule has 0 saturated carbocycles. The van der Waals surface area contributed by atoms with Gasteiger partial charge in [-0.2, -0.15) is 4.37 Å². The molecule has 106 valence electrons. The fourth-order valence-electron chi connectivity index (χ4n) is 3.23. The number of hydrogen-bond donors (Lipinski definition) is 0. The van der Waals surface area contributed by atoms with Gasteiger partial charge >= 0.3 is 0 Å². The highest BCUT2D eigenvalue weighted by Crippen LogP contribution is 2.38. The highest BCUT2D eigenvalue weighted by Gasteiger charge is 2.36. The molecule has 1 atom stereocenters. The number of fused-ring (bicyclic) bond motifs is 1. The largest absolute Gasteiger partial charge is 0.354 e. The lowest BCUT2D eigenvalue weighted by atomic mass is 9.82. The first-order chi connectivity index (χ1) is 10.3. The van der Waals surface area contributed by atoms with Crippen LogP contribution in [0.4, 0.5) is 5.82 Å². The van der Waals surface area contributed by atoms with Crippen molar-refractivity contribution in [1.29, 1.82) is 0 Å². The predicted octanol–water partition coefficient (Wildman–Crippen LogP) is 3.86. The van der Waals surface area contributed by atoms with Crippen LogP contribution in [0.2, 0.25) is 0 Å². The molecule has 2 aromatic heterocycles. The molecule has 0 radical (unpaired) electrons. The molecule has 1 unspecified atom stereocenters. The standard InChI is InChI=1S/C17H17N3S/c1-17(13-5-3-2-4-6-13)8-10-20(12-17)16-14-7-9-18-11-15(14)21-19-16/h2-7,9,11H,8,10,12H2,1H3. The van der Waals surface area contributed by atoms with Crippen LogP contribution in [0, 0.1) is 0 Å². The lowest BCUT2D eigenvalue weighted by Crippen LogP contribution is -2.28. The van der Waals surface area contributed by atoms with E-state index in [-0.39, 0.29) is 5.41 Å². The molecular formula is C17H17N3S. The third-order valence-electron chi connectivity index (χ3n) is 4.50. The van der Waals surface area contributed by atoms with Crippen LogP contribution < -0.4 is 4.90 Å². The van der Waals surface area contributed by atoms with Gasteiger partial charge in [-0.1, -0.05) is 37.3 Å². The first-order valence-electron chi connectivity index (χ1n) is 7.26. The van der Waals surface area contributed by atoms with E-state index in [1.807, 2.05) is 12.4 Å². The van der Waals surface area contributed by atoms with E-state index < -0.39 is 0 Å². The SMILES string of the molecule is CC1(c2ccccc2)CCN(c2nsc3cnccc23)C1. The maximum atomic E-state index is 4.66. The number of hydrogen-bond acceptors (Lipinski definition) is 4. The van der Waals surface area contributed by atoms with Crippen LogP contribution in [0.5, 0.6) is 0 Å². The van der Waals surface area contributed by atoms with Gasteiger partial charge in [-0.3, -0.25) is 4.98 Å². The normalized spacial score (nSPS) is 22.0. The second-order valence-corrected chi connectivity index (χ2v) is 6.78. The molecule has 4 rings (SSSR count). The Balaban J connectivity index is 1.67. The summed E-state index contributed by atoms with van der Waals surface area (Å²) in [6.45, 7) is 4.45. The summed E-state index contributed by atoms with van der Waals surface area (Å²) in [6.07, 6.45) is 4.93. The Kier molecular flexibility index (Phi) is 2.93. The maximum Gasteiger partial charge on any atom is 0.150 e. The third-order valence-corrected chi connectivity index (χ3v) is 5.29. The average Bonchev–Trinajstić information content (AvgIpc) is 3.13. The van der Waals surface area contributed by atoms with Gasteiger partial charge < -0.3 is 4.90 Å². The van der Waals surface area contributed by atoms with Gasteiger partial charge in [-0.25, -0.2) is 0 Å².